The lowest BCUT2D eigenvalue weighted by molar-refractivity contribution is 0.199. The fraction of sp³-hybridized carbons (Fsp3) is 0.250. The Hall–Kier alpha value is -0.820. The zero-order chi connectivity index (χ0) is 6.69. The summed E-state index contributed by atoms with van der Waals surface area (Å²) in [4.78, 5) is 0. The molecule has 1 unspecified atom stereocenters. The molecule has 1 rings (SSSR count). The summed E-state index contributed by atoms with van der Waals surface area (Å²) in [6.45, 7) is 1.76. The Kier molecular flexibility index (Phi) is 1.85. The minimum atomic E-state index is -0.341. The minimum absolute atomic E-state index is 0.341. The fourth-order valence-electron chi connectivity index (χ4n) is 0.732. The third kappa shape index (κ3) is 1.54. The van der Waals surface area contributed by atoms with Crippen molar-refractivity contribution in [2.75, 3.05) is 0 Å². The smallest absolute Gasteiger partial charge is 0.0761 e. The summed E-state index contributed by atoms with van der Waals surface area (Å²) >= 11 is 0. The molecule has 0 aliphatic heterocycles. The Morgan fingerprint density at radius 2 is 1.78 bits per heavy atom. The number of aliphatic hydroxyl groups is 1. The van der Waals surface area contributed by atoms with Crippen LogP contribution in [0.5, 0.6) is 0 Å². The zero-order valence-corrected chi connectivity index (χ0v) is 5.41. The van der Waals surface area contributed by atoms with Gasteiger partial charge in [0.05, 0.1) is 6.10 Å². The van der Waals surface area contributed by atoms with E-state index >= 15 is 0 Å². The SMILES string of the molecule is C[13CH](O)c1ccccc1. The Morgan fingerprint density at radius 1 is 1.22 bits per heavy atom. The van der Waals surface area contributed by atoms with Crippen LogP contribution in [0, 0.1) is 0 Å². The molecule has 0 fully saturated rings. The summed E-state index contributed by atoms with van der Waals surface area (Å²) < 4.78 is 0. The lowest BCUT2D eigenvalue weighted by Gasteiger charge is -2.00. The van der Waals surface area contributed by atoms with E-state index in [4.69, 9.17) is 5.11 Å². The topological polar surface area (TPSA) is 20.2 Å². The van der Waals surface area contributed by atoms with Crippen LogP contribution in [0.4, 0.5) is 0 Å². The average Bonchev–Trinajstić information content (AvgIpc) is 1.90. The highest BCUT2D eigenvalue weighted by atomic mass is 16.3. The van der Waals surface area contributed by atoms with E-state index < -0.39 is 0 Å². The molecule has 9 heavy (non-hydrogen) atoms. The number of hydrogen-bond donors (Lipinski definition) is 1. The maximum Gasteiger partial charge on any atom is 0.0761 e. The van der Waals surface area contributed by atoms with Crippen LogP contribution in [0.2, 0.25) is 0 Å². The molecule has 1 atom stereocenters. The van der Waals surface area contributed by atoms with Crippen LogP contribution < -0.4 is 0 Å². The first-order valence-electron chi connectivity index (χ1n) is 3.03. The van der Waals surface area contributed by atoms with E-state index in [0.717, 1.165) is 5.56 Å². The number of rotatable bonds is 1. The monoisotopic (exact) mass is 123 g/mol. The largest absolute Gasteiger partial charge is 0.389 e. The molecule has 0 aliphatic rings. The number of aliphatic hydroxyl groups excluding tert-OH is 1. The summed E-state index contributed by atoms with van der Waals surface area (Å²) in [6, 6.07) is 9.59. The summed E-state index contributed by atoms with van der Waals surface area (Å²) in [6.07, 6.45) is -0.341. The second-order valence-corrected chi connectivity index (χ2v) is 2.09. The fourth-order valence-corrected chi connectivity index (χ4v) is 0.732. The lowest BCUT2D eigenvalue weighted by Crippen LogP contribution is -1.87. The van der Waals surface area contributed by atoms with Gasteiger partial charge < -0.3 is 5.11 Å². The summed E-state index contributed by atoms with van der Waals surface area (Å²) in [7, 11) is 0. The molecular formula is C8H10O. The van der Waals surface area contributed by atoms with Crippen molar-refractivity contribution in [2.45, 2.75) is 13.0 Å². The van der Waals surface area contributed by atoms with Gasteiger partial charge in [0, 0.05) is 0 Å². The Bertz CT molecular complexity index is 167. The van der Waals surface area contributed by atoms with Crippen molar-refractivity contribution in [3.05, 3.63) is 35.9 Å². The van der Waals surface area contributed by atoms with Crippen molar-refractivity contribution in [3.63, 3.8) is 0 Å². The number of hydrogen-bond acceptors (Lipinski definition) is 1. The molecule has 0 bridgehead atoms. The van der Waals surface area contributed by atoms with Crippen molar-refractivity contribution in [1.82, 2.24) is 0 Å². The molecule has 1 heteroatoms. The van der Waals surface area contributed by atoms with Gasteiger partial charge in [-0.2, -0.15) is 0 Å². The van der Waals surface area contributed by atoms with E-state index in [2.05, 4.69) is 0 Å². The van der Waals surface area contributed by atoms with Gasteiger partial charge in [0.25, 0.3) is 0 Å². The molecule has 0 radical (unpaired) electrons. The van der Waals surface area contributed by atoms with Gasteiger partial charge in [-0.25, -0.2) is 0 Å². The normalized spacial score (nSPS) is 13.1. The van der Waals surface area contributed by atoms with Gasteiger partial charge in [0.1, 0.15) is 0 Å². The Labute approximate surface area is 55.0 Å². The van der Waals surface area contributed by atoms with Gasteiger partial charge in [-0.15, -0.1) is 0 Å². The van der Waals surface area contributed by atoms with E-state index in [0.29, 0.717) is 0 Å². The molecule has 0 saturated carbocycles. The molecule has 0 saturated heterocycles. The highest BCUT2D eigenvalue weighted by molar-refractivity contribution is 5.16. The van der Waals surface area contributed by atoms with Crippen LogP contribution in [-0.4, -0.2) is 5.11 Å². The number of benzene rings is 1. The van der Waals surface area contributed by atoms with Crippen LogP contribution in [-0.2, 0) is 0 Å². The van der Waals surface area contributed by atoms with E-state index in [-0.39, 0.29) is 6.10 Å². The highest BCUT2D eigenvalue weighted by Gasteiger charge is 1.95. The second kappa shape index (κ2) is 2.65. The molecule has 1 nitrogen and oxygen atoms in total. The van der Waals surface area contributed by atoms with Crippen molar-refractivity contribution >= 4 is 0 Å². The van der Waals surface area contributed by atoms with Crippen molar-refractivity contribution < 1.29 is 5.11 Å². The van der Waals surface area contributed by atoms with Crippen molar-refractivity contribution in [3.8, 4) is 0 Å². The quantitative estimate of drug-likeness (QED) is 0.564. The third-order valence-corrected chi connectivity index (χ3v) is 1.28. The lowest BCUT2D eigenvalue weighted by atomic mass is 10.3. The first-order valence-corrected chi connectivity index (χ1v) is 3.03. The summed E-state index contributed by atoms with van der Waals surface area (Å²) in [5.41, 5.74) is 0.970. The highest BCUT2D eigenvalue weighted by Crippen LogP contribution is 2.08. The molecule has 48 valence electrons. The second-order valence-electron chi connectivity index (χ2n) is 2.09. The van der Waals surface area contributed by atoms with Gasteiger partial charge >= 0.3 is 0 Å². The third-order valence-electron chi connectivity index (χ3n) is 1.28. The van der Waals surface area contributed by atoms with E-state index in [1.165, 1.54) is 0 Å². The molecule has 0 amide bonds. The summed E-state index contributed by atoms with van der Waals surface area (Å²) in [5, 5.41) is 9.02. The standard InChI is InChI=1S/C8H10O/c1-7(9)8-5-3-2-4-6-8/h2-7,9H,1H3/i7+1. The maximum atomic E-state index is 9.02. The predicted octanol–water partition coefficient (Wildman–Crippen LogP) is 1.74. The van der Waals surface area contributed by atoms with Crippen LogP contribution in [0.1, 0.15) is 18.6 Å². The molecule has 0 heterocycles. The average molecular weight is 123 g/mol. The van der Waals surface area contributed by atoms with Gasteiger partial charge in [-0.1, -0.05) is 30.3 Å². The summed E-state index contributed by atoms with van der Waals surface area (Å²) in [5.74, 6) is 0. The van der Waals surface area contributed by atoms with E-state index in [1.54, 1.807) is 6.92 Å². The van der Waals surface area contributed by atoms with E-state index in [1.807, 2.05) is 30.3 Å². The van der Waals surface area contributed by atoms with Gasteiger partial charge in [-0.05, 0) is 12.5 Å². The first-order chi connectivity index (χ1) is 4.30. The molecule has 0 aromatic heterocycles. The van der Waals surface area contributed by atoms with Crippen molar-refractivity contribution in [1.29, 1.82) is 0 Å². The van der Waals surface area contributed by atoms with Crippen LogP contribution in [0.15, 0.2) is 30.3 Å². The molecular weight excluding hydrogens is 113 g/mol. The Balaban J connectivity index is 2.85. The van der Waals surface area contributed by atoms with Crippen LogP contribution in [0.25, 0.3) is 0 Å². The predicted molar refractivity (Wildman–Crippen MR) is 37.1 cm³/mol. The van der Waals surface area contributed by atoms with Gasteiger partial charge in [-0.3, -0.25) is 0 Å². The molecule has 1 N–H and O–H groups in total. The molecule has 1 aromatic carbocycles. The molecule has 0 aliphatic carbocycles. The van der Waals surface area contributed by atoms with E-state index in [9.17, 15) is 0 Å². The molecule has 1 aromatic rings. The van der Waals surface area contributed by atoms with Crippen LogP contribution in [0.3, 0.4) is 0 Å². The molecule has 0 spiro atoms. The Morgan fingerprint density at radius 3 is 2.11 bits per heavy atom. The van der Waals surface area contributed by atoms with Crippen LogP contribution >= 0.6 is 0 Å². The van der Waals surface area contributed by atoms with Gasteiger partial charge in [0.2, 0.25) is 0 Å². The zero-order valence-electron chi connectivity index (χ0n) is 5.41. The minimum Gasteiger partial charge on any atom is -0.389 e. The first kappa shape index (κ1) is 6.30. The van der Waals surface area contributed by atoms with Crippen molar-refractivity contribution in [2.24, 2.45) is 0 Å². The maximum absolute atomic E-state index is 9.02. The van der Waals surface area contributed by atoms with Gasteiger partial charge in [0.15, 0.2) is 0 Å².